The summed E-state index contributed by atoms with van der Waals surface area (Å²) < 4.78 is 17.1. The zero-order chi connectivity index (χ0) is 19.1. The normalized spacial score (nSPS) is 14.9. The van der Waals surface area contributed by atoms with E-state index in [0.717, 1.165) is 23.1 Å². The Labute approximate surface area is 162 Å². The smallest absolute Gasteiger partial charge is 0.264 e. The van der Waals surface area contributed by atoms with Crippen molar-refractivity contribution in [3.63, 3.8) is 0 Å². The van der Waals surface area contributed by atoms with Gasteiger partial charge in [0.05, 0.1) is 11.5 Å². The maximum atomic E-state index is 11.7. The molecule has 1 saturated heterocycles. The van der Waals surface area contributed by atoms with Gasteiger partial charge in [-0.25, -0.2) is 0 Å². The number of benzene rings is 2. The van der Waals surface area contributed by atoms with Crippen LogP contribution in [0.5, 0.6) is 17.2 Å². The number of thioether (sulfide) groups is 1. The molecule has 0 bridgehead atoms. The molecule has 0 aliphatic carbocycles. The summed E-state index contributed by atoms with van der Waals surface area (Å²) in [5.74, 6) is 1.75. The van der Waals surface area contributed by atoms with E-state index in [-0.39, 0.29) is 11.1 Å². The van der Waals surface area contributed by atoms with Gasteiger partial charge in [0.25, 0.3) is 5.91 Å². The van der Waals surface area contributed by atoms with E-state index in [1.165, 1.54) is 0 Å². The molecule has 1 heterocycles. The van der Waals surface area contributed by atoms with Gasteiger partial charge in [0, 0.05) is 0 Å². The number of rotatable bonds is 8. The Balaban J connectivity index is 1.64. The molecule has 1 aliphatic rings. The number of amides is 1. The fraction of sp³-hybridized carbons (Fsp3) is 0.200. The number of nitrogens with one attached hydrogen (secondary N) is 2. The van der Waals surface area contributed by atoms with Crippen LogP contribution in [0.25, 0.3) is 6.08 Å². The molecule has 0 saturated carbocycles. The second kappa shape index (κ2) is 9.14. The predicted molar refractivity (Wildman–Crippen MR) is 106 cm³/mol. The highest BCUT2D eigenvalue weighted by Crippen LogP contribution is 2.31. The lowest BCUT2D eigenvalue weighted by Crippen LogP contribution is -2.18. The Morgan fingerprint density at radius 3 is 2.52 bits per heavy atom. The molecule has 0 radical (unpaired) electrons. The molecule has 0 atom stereocenters. The minimum atomic E-state index is -0.263. The molecular weight excluding hydrogens is 364 g/mol. The average molecular weight is 384 g/mol. The van der Waals surface area contributed by atoms with Gasteiger partial charge in [-0.1, -0.05) is 24.3 Å². The van der Waals surface area contributed by atoms with Crippen molar-refractivity contribution in [2.75, 3.05) is 19.8 Å². The van der Waals surface area contributed by atoms with Gasteiger partial charge < -0.3 is 19.5 Å². The van der Waals surface area contributed by atoms with Crippen LogP contribution in [0.2, 0.25) is 0 Å². The molecule has 1 fully saturated rings. The molecule has 2 aromatic rings. The van der Waals surface area contributed by atoms with Crippen molar-refractivity contribution < 1.29 is 19.0 Å². The van der Waals surface area contributed by atoms with Crippen molar-refractivity contribution >= 4 is 28.9 Å². The minimum Gasteiger partial charge on any atom is -0.490 e. The third kappa shape index (κ3) is 5.27. The van der Waals surface area contributed by atoms with E-state index in [1.807, 2.05) is 55.5 Å². The first-order chi connectivity index (χ1) is 13.2. The summed E-state index contributed by atoms with van der Waals surface area (Å²) in [5, 5.41) is 10.1. The Bertz CT molecular complexity index is 852. The van der Waals surface area contributed by atoms with E-state index < -0.39 is 0 Å². The van der Waals surface area contributed by atoms with Crippen LogP contribution in [0.15, 0.2) is 53.4 Å². The lowest BCUT2D eigenvalue weighted by atomic mass is 10.2. The number of carbonyl (C=O) groups is 1. The van der Waals surface area contributed by atoms with E-state index in [0.29, 0.717) is 36.2 Å². The van der Waals surface area contributed by atoms with Crippen molar-refractivity contribution in [1.29, 1.82) is 5.41 Å². The number of ether oxygens (including phenoxy) is 3. The Kier molecular flexibility index (Phi) is 6.38. The van der Waals surface area contributed by atoms with Crippen molar-refractivity contribution in [2.24, 2.45) is 0 Å². The summed E-state index contributed by atoms with van der Waals surface area (Å²) >= 11 is 1.10. The first-order valence-electron chi connectivity index (χ1n) is 8.52. The molecule has 7 heteroatoms. The molecule has 1 amide bonds. The molecule has 1 aliphatic heterocycles. The van der Waals surface area contributed by atoms with Gasteiger partial charge in [0.15, 0.2) is 16.7 Å². The summed E-state index contributed by atoms with van der Waals surface area (Å²) in [6.45, 7) is 3.19. The molecule has 6 nitrogen and oxygen atoms in total. The van der Waals surface area contributed by atoms with Crippen molar-refractivity contribution in [1.82, 2.24) is 5.32 Å². The van der Waals surface area contributed by atoms with Crippen LogP contribution in [-0.2, 0) is 4.79 Å². The first kappa shape index (κ1) is 18.8. The van der Waals surface area contributed by atoms with Crippen LogP contribution >= 0.6 is 11.8 Å². The van der Waals surface area contributed by atoms with Gasteiger partial charge >= 0.3 is 0 Å². The summed E-state index contributed by atoms with van der Waals surface area (Å²) in [7, 11) is 0. The Morgan fingerprint density at radius 1 is 1.04 bits per heavy atom. The van der Waals surface area contributed by atoms with Gasteiger partial charge in [-0.3, -0.25) is 10.2 Å². The largest absolute Gasteiger partial charge is 0.490 e. The van der Waals surface area contributed by atoms with Crippen LogP contribution < -0.4 is 19.5 Å². The van der Waals surface area contributed by atoms with E-state index in [4.69, 9.17) is 19.6 Å². The number of carbonyl (C=O) groups excluding carboxylic acids is 1. The third-order valence-corrected chi connectivity index (χ3v) is 4.41. The average Bonchev–Trinajstić information content (AvgIpc) is 2.98. The minimum absolute atomic E-state index is 0.134. The zero-order valence-electron chi connectivity index (χ0n) is 14.9. The van der Waals surface area contributed by atoms with Gasteiger partial charge in [0.1, 0.15) is 19.0 Å². The lowest BCUT2D eigenvalue weighted by Gasteiger charge is -2.13. The molecule has 0 aromatic heterocycles. The molecule has 140 valence electrons. The van der Waals surface area contributed by atoms with E-state index in [1.54, 1.807) is 6.08 Å². The topological polar surface area (TPSA) is 80.6 Å². The zero-order valence-corrected chi connectivity index (χ0v) is 15.7. The predicted octanol–water partition coefficient (Wildman–Crippen LogP) is 3.68. The fourth-order valence-corrected chi connectivity index (χ4v) is 3.13. The maximum absolute atomic E-state index is 11.7. The maximum Gasteiger partial charge on any atom is 0.264 e. The van der Waals surface area contributed by atoms with E-state index in [2.05, 4.69) is 5.32 Å². The van der Waals surface area contributed by atoms with Crippen LogP contribution in [0.1, 0.15) is 12.5 Å². The van der Waals surface area contributed by atoms with Gasteiger partial charge in [-0.2, -0.15) is 0 Å². The van der Waals surface area contributed by atoms with Crippen LogP contribution in [0.3, 0.4) is 0 Å². The molecule has 0 spiro atoms. The second-order valence-corrected chi connectivity index (χ2v) is 6.60. The summed E-state index contributed by atoms with van der Waals surface area (Å²) in [6, 6.07) is 15.0. The summed E-state index contributed by atoms with van der Waals surface area (Å²) in [5.41, 5.74) is 0.804. The number of para-hydroxylation sites is 1. The van der Waals surface area contributed by atoms with Crippen molar-refractivity contribution in [3.8, 4) is 17.2 Å². The Morgan fingerprint density at radius 2 is 1.81 bits per heavy atom. The highest BCUT2D eigenvalue weighted by atomic mass is 32.2. The lowest BCUT2D eigenvalue weighted by molar-refractivity contribution is -0.115. The highest BCUT2D eigenvalue weighted by Gasteiger charge is 2.22. The molecule has 2 N–H and O–H groups in total. The summed E-state index contributed by atoms with van der Waals surface area (Å²) in [6.07, 6.45) is 1.73. The SMILES string of the molecule is CCOc1cc(/C=C2\SC(=N)NC2=O)ccc1OCCOc1ccccc1. The number of amidine groups is 1. The number of hydrogen-bond acceptors (Lipinski definition) is 6. The standard InChI is InChI=1S/C20H20N2O4S/c1-2-24-17-12-14(13-18-19(23)22-20(21)27-18)8-9-16(17)26-11-10-25-15-6-4-3-5-7-15/h3-9,12-13H,2,10-11H2,1H3,(H2,21,22,23)/b18-13-. The molecule has 2 aromatic carbocycles. The highest BCUT2D eigenvalue weighted by molar-refractivity contribution is 8.18. The molecule has 27 heavy (non-hydrogen) atoms. The van der Waals surface area contributed by atoms with Gasteiger partial charge in [-0.15, -0.1) is 0 Å². The number of hydrogen-bond donors (Lipinski definition) is 2. The van der Waals surface area contributed by atoms with Gasteiger partial charge in [0.2, 0.25) is 0 Å². The Hall–Kier alpha value is -2.93. The van der Waals surface area contributed by atoms with Crippen LogP contribution in [0, 0.1) is 5.41 Å². The van der Waals surface area contributed by atoms with Crippen molar-refractivity contribution in [3.05, 3.63) is 59.0 Å². The first-order valence-corrected chi connectivity index (χ1v) is 9.34. The van der Waals surface area contributed by atoms with Gasteiger partial charge in [-0.05, 0) is 54.6 Å². The second-order valence-electron chi connectivity index (χ2n) is 5.54. The fourth-order valence-electron chi connectivity index (χ4n) is 2.42. The molecule has 3 rings (SSSR count). The monoisotopic (exact) mass is 384 g/mol. The third-order valence-electron chi connectivity index (χ3n) is 3.58. The van der Waals surface area contributed by atoms with Crippen molar-refractivity contribution in [2.45, 2.75) is 6.92 Å². The van der Waals surface area contributed by atoms with Crippen LogP contribution in [0.4, 0.5) is 0 Å². The van der Waals surface area contributed by atoms with E-state index >= 15 is 0 Å². The quantitative estimate of drug-likeness (QED) is 0.536. The van der Waals surface area contributed by atoms with Crippen LogP contribution in [-0.4, -0.2) is 30.9 Å². The molecule has 0 unspecified atom stereocenters. The molecular formula is C20H20N2O4S. The summed E-state index contributed by atoms with van der Waals surface area (Å²) in [4.78, 5) is 12.2. The van der Waals surface area contributed by atoms with E-state index in [9.17, 15) is 4.79 Å².